The number of para-hydroxylation sites is 1. The Hall–Kier alpha value is -2.70. The van der Waals surface area contributed by atoms with Crippen molar-refractivity contribution in [2.45, 2.75) is 25.8 Å². The molecule has 1 aliphatic rings. The van der Waals surface area contributed by atoms with Crippen LogP contribution in [0.3, 0.4) is 0 Å². The lowest BCUT2D eigenvalue weighted by Crippen LogP contribution is -2.32. The number of nitrogens with one attached hydrogen (secondary N) is 1. The SMILES string of the molecule is Cc1cn[nH]c1C1CCN(C(=O)Cn2nnc3ccccc32)C1. The van der Waals surface area contributed by atoms with E-state index < -0.39 is 0 Å². The van der Waals surface area contributed by atoms with Crippen LogP contribution in [0.15, 0.2) is 30.5 Å². The van der Waals surface area contributed by atoms with E-state index in [1.54, 1.807) is 4.68 Å². The summed E-state index contributed by atoms with van der Waals surface area (Å²) < 4.78 is 1.67. The van der Waals surface area contributed by atoms with E-state index in [0.29, 0.717) is 5.92 Å². The summed E-state index contributed by atoms with van der Waals surface area (Å²) in [7, 11) is 0. The summed E-state index contributed by atoms with van der Waals surface area (Å²) in [5.74, 6) is 0.425. The molecule has 3 aromatic rings. The highest BCUT2D eigenvalue weighted by molar-refractivity contribution is 5.80. The van der Waals surface area contributed by atoms with Crippen LogP contribution < -0.4 is 0 Å². The van der Waals surface area contributed by atoms with E-state index in [0.717, 1.165) is 41.8 Å². The Morgan fingerprint density at radius 2 is 2.26 bits per heavy atom. The number of fused-ring (bicyclic) bond motifs is 1. The minimum Gasteiger partial charge on any atom is -0.340 e. The minimum atomic E-state index is 0.0836. The largest absolute Gasteiger partial charge is 0.340 e. The van der Waals surface area contributed by atoms with Gasteiger partial charge < -0.3 is 4.90 Å². The molecule has 3 heterocycles. The van der Waals surface area contributed by atoms with Crippen LogP contribution in [0.5, 0.6) is 0 Å². The zero-order valence-corrected chi connectivity index (χ0v) is 12.9. The number of amides is 1. The number of carbonyl (C=O) groups is 1. The van der Waals surface area contributed by atoms with E-state index in [-0.39, 0.29) is 12.5 Å². The van der Waals surface area contributed by atoms with Crippen LogP contribution in [0.25, 0.3) is 11.0 Å². The maximum Gasteiger partial charge on any atom is 0.244 e. The molecule has 1 atom stereocenters. The minimum absolute atomic E-state index is 0.0836. The number of carbonyl (C=O) groups excluding carboxylic acids is 1. The van der Waals surface area contributed by atoms with Gasteiger partial charge in [0.2, 0.25) is 5.91 Å². The Morgan fingerprint density at radius 3 is 3.09 bits per heavy atom. The standard InChI is InChI=1S/C16H18N6O/c1-11-8-17-19-16(11)12-6-7-21(9-12)15(23)10-22-14-5-3-2-4-13(14)18-20-22/h2-5,8,12H,6-7,9-10H2,1H3,(H,17,19). The number of aromatic amines is 1. The maximum atomic E-state index is 12.6. The zero-order valence-electron chi connectivity index (χ0n) is 12.9. The van der Waals surface area contributed by atoms with Crippen molar-refractivity contribution < 1.29 is 4.79 Å². The zero-order chi connectivity index (χ0) is 15.8. The molecule has 7 nitrogen and oxygen atoms in total. The summed E-state index contributed by atoms with van der Waals surface area (Å²) in [5.41, 5.74) is 4.01. The van der Waals surface area contributed by atoms with Gasteiger partial charge in [-0.1, -0.05) is 17.3 Å². The molecule has 0 aliphatic carbocycles. The average Bonchev–Trinajstić information content (AvgIpc) is 3.27. The highest BCUT2D eigenvalue weighted by atomic mass is 16.2. The third-order valence-corrected chi connectivity index (χ3v) is 4.52. The van der Waals surface area contributed by atoms with Gasteiger partial charge in [0.25, 0.3) is 0 Å². The van der Waals surface area contributed by atoms with Gasteiger partial charge in [-0.05, 0) is 31.0 Å². The Morgan fingerprint density at radius 1 is 1.39 bits per heavy atom. The lowest BCUT2D eigenvalue weighted by Gasteiger charge is -2.16. The van der Waals surface area contributed by atoms with Crippen LogP contribution in [0.4, 0.5) is 0 Å². The van der Waals surface area contributed by atoms with Crippen molar-refractivity contribution in [1.82, 2.24) is 30.1 Å². The first kappa shape index (κ1) is 13.9. The van der Waals surface area contributed by atoms with Crippen LogP contribution in [-0.4, -0.2) is 49.1 Å². The van der Waals surface area contributed by atoms with Crippen molar-refractivity contribution in [2.24, 2.45) is 0 Å². The molecule has 1 unspecified atom stereocenters. The summed E-state index contributed by atoms with van der Waals surface area (Å²) in [5, 5.41) is 15.3. The normalized spacial score (nSPS) is 18.0. The first-order valence-corrected chi connectivity index (χ1v) is 7.78. The molecule has 1 aliphatic heterocycles. The first-order chi connectivity index (χ1) is 11.2. The second-order valence-corrected chi connectivity index (χ2v) is 6.03. The number of hydrogen-bond donors (Lipinski definition) is 1. The Labute approximate surface area is 133 Å². The second-order valence-electron chi connectivity index (χ2n) is 6.03. The molecule has 1 N–H and O–H groups in total. The molecule has 1 aromatic carbocycles. The second kappa shape index (κ2) is 5.49. The van der Waals surface area contributed by atoms with Crippen molar-refractivity contribution in [3.8, 4) is 0 Å². The van der Waals surface area contributed by atoms with Gasteiger partial charge >= 0.3 is 0 Å². The van der Waals surface area contributed by atoms with Crippen LogP contribution in [0.1, 0.15) is 23.6 Å². The summed E-state index contributed by atoms with van der Waals surface area (Å²) in [6.45, 7) is 3.78. The van der Waals surface area contributed by atoms with Crippen molar-refractivity contribution in [3.05, 3.63) is 41.7 Å². The molecule has 118 valence electrons. The van der Waals surface area contributed by atoms with E-state index in [9.17, 15) is 4.79 Å². The summed E-state index contributed by atoms with van der Waals surface area (Å²) in [6.07, 6.45) is 2.80. The quantitative estimate of drug-likeness (QED) is 0.794. The molecule has 1 amide bonds. The van der Waals surface area contributed by atoms with Crippen molar-refractivity contribution in [2.75, 3.05) is 13.1 Å². The molecular weight excluding hydrogens is 292 g/mol. The lowest BCUT2D eigenvalue weighted by molar-refractivity contribution is -0.130. The number of H-pyrrole nitrogens is 1. The fourth-order valence-corrected chi connectivity index (χ4v) is 3.25. The lowest BCUT2D eigenvalue weighted by atomic mass is 10.0. The number of nitrogens with zero attached hydrogens (tertiary/aromatic N) is 5. The molecule has 1 saturated heterocycles. The predicted octanol–water partition coefficient (Wildman–Crippen LogP) is 1.48. The third kappa shape index (κ3) is 2.48. The smallest absolute Gasteiger partial charge is 0.244 e. The van der Waals surface area contributed by atoms with Gasteiger partial charge in [-0.2, -0.15) is 5.10 Å². The molecule has 23 heavy (non-hydrogen) atoms. The maximum absolute atomic E-state index is 12.6. The molecule has 0 saturated carbocycles. The molecule has 7 heteroatoms. The highest BCUT2D eigenvalue weighted by Gasteiger charge is 2.29. The van der Waals surface area contributed by atoms with Crippen LogP contribution in [-0.2, 0) is 11.3 Å². The molecule has 0 spiro atoms. The van der Waals surface area contributed by atoms with Crippen LogP contribution >= 0.6 is 0 Å². The van der Waals surface area contributed by atoms with Crippen LogP contribution in [0, 0.1) is 6.92 Å². The summed E-state index contributed by atoms with van der Waals surface area (Å²) in [6, 6.07) is 7.68. The fourth-order valence-electron chi connectivity index (χ4n) is 3.25. The van der Waals surface area contributed by atoms with Gasteiger partial charge in [0.05, 0.1) is 11.7 Å². The number of benzene rings is 1. The monoisotopic (exact) mass is 310 g/mol. The van der Waals surface area contributed by atoms with E-state index in [1.807, 2.05) is 42.3 Å². The number of rotatable bonds is 3. The van der Waals surface area contributed by atoms with E-state index in [2.05, 4.69) is 20.5 Å². The number of aromatic nitrogens is 5. The predicted molar refractivity (Wildman–Crippen MR) is 84.8 cm³/mol. The third-order valence-electron chi connectivity index (χ3n) is 4.52. The topological polar surface area (TPSA) is 79.7 Å². The van der Waals surface area contributed by atoms with Gasteiger partial charge in [-0.3, -0.25) is 9.89 Å². The van der Waals surface area contributed by atoms with Gasteiger partial charge in [-0.25, -0.2) is 4.68 Å². The van der Waals surface area contributed by atoms with Gasteiger partial charge in [-0.15, -0.1) is 5.10 Å². The molecule has 0 bridgehead atoms. The van der Waals surface area contributed by atoms with Crippen molar-refractivity contribution in [3.63, 3.8) is 0 Å². The van der Waals surface area contributed by atoms with E-state index in [4.69, 9.17) is 0 Å². The summed E-state index contributed by atoms with van der Waals surface area (Å²) >= 11 is 0. The number of likely N-dealkylation sites (tertiary alicyclic amines) is 1. The molecule has 2 aromatic heterocycles. The highest BCUT2D eigenvalue weighted by Crippen LogP contribution is 2.27. The van der Waals surface area contributed by atoms with Crippen molar-refractivity contribution in [1.29, 1.82) is 0 Å². The van der Waals surface area contributed by atoms with Gasteiger partial charge in [0.15, 0.2) is 0 Å². The Balaban J connectivity index is 1.47. The number of hydrogen-bond acceptors (Lipinski definition) is 4. The van der Waals surface area contributed by atoms with Crippen LogP contribution in [0.2, 0.25) is 0 Å². The molecule has 4 rings (SSSR count). The van der Waals surface area contributed by atoms with Crippen molar-refractivity contribution >= 4 is 16.9 Å². The van der Waals surface area contributed by atoms with Gasteiger partial charge in [0, 0.05) is 24.7 Å². The average molecular weight is 310 g/mol. The molecular formula is C16H18N6O. The molecule has 0 radical (unpaired) electrons. The van der Waals surface area contributed by atoms with Gasteiger partial charge in [0.1, 0.15) is 12.1 Å². The Kier molecular flexibility index (Phi) is 3.33. The Bertz CT molecular complexity index is 851. The summed E-state index contributed by atoms with van der Waals surface area (Å²) in [4.78, 5) is 14.5. The fraction of sp³-hybridized carbons (Fsp3) is 0.375. The van der Waals surface area contributed by atoms with E-state index >= 15 is 0 Å². The van der Waals surface area contributed by atoms with E-state index in [1.165, 1.54) is 0 Å². The number of aryl methyl sites for hydroxylation is 1. The molecule has 1 fully saturated rings. The first-order valence-electron chi connectivity index (χ1n) is 7.78.